The summed E-state index contributed by atoms with van der Waals surface area (Å²) in [5.74, 6) is 2.89. The average Bonchev–Trinajstić information content (AvgIpc) is 2.58. The lowest BCUT2D eigenvalue weighted by atomic mass is 10.0. The quantitative estimate of drug-likeness (QED) is 0.887. The van der Waals surface area contributed by atoms with Crippen molar-refractivity contribution in [1.29, 1.82) is 0 Å². The Kier molecular flexibility index (Phi) is 5.09. The van der Waals surface area contributed by atoms with E-state index in [4.69, 9.17) is 16.3 Å². The van der Waals surface area contributed by atoms with E-state index in [9.17, 15) is 0 Å². The molecule has 1 aliphatic rings. The standard InChI is InChI=1S/C18H23ClN4O/c1-12-5-4-8-23(11-12)18-20-7-6-17(22-18)21-15-9-13(2)14(19)10-16(15)24-3/h6-7,9-10,12H,4-5,8,11H2,1-3H3,(H,20,21,22). The van der Waals surface area contributed by atoms with Crippen molar-refractivity contribution < 1.29 is 4.74 Å². The van der Waals surface area contributed by atoms with Gasteiger partial charge in [-0.05, 0) is 43.4 Å². The van der Waals surface area contributed by atoms with E-state index < -0.39 is 0 Å². The number of benzene rings is 1. The zero-order valence-corrected chi connectivity index (χ0v) is 15.1. The Morgan fingerprint density at radius 2 is 2.21 bits per heavy atom. The van der Waals surface area contributed by atoms with Gasteiger partial charge in [-0.3, -0.25) is 0 Å². The van der Waals surface area contributed by atoms with Crippen LogP contribution in [-0.2, 0) is 0 Å². The number of hydrogen-bond acceptors (Lipinski definition) is 5. The number of anilines is 3. The van der Waals surface area contributed by atoms with E-state index in [0.717, 1.165) is 36.1 Å². The summed E-state index contributed by atoms with van der Waals surface area (Å²) >= 11 is 6.17. The van der Waals surface area contributed by atoms with Crippen molar-refractivity contribution >= 4 is 29.1 Å². The molecule has 1 N–H and O–H groups in total. The first kappa shape index (κ1) is 16.8. The molecular formula is C18H23ClN4O. The van der Waals surface area contributed by atoms with E-state index in [2.05, 4.69) is 27.1 Å². The summed E-state index contributed by atoms with van der Waals surface area (Å²) in [5.41, 5.74) is 1.83. The second kappa shape index (κ2) is 7.26. The molecule has 128 valence electrons. The van der Waals surface area contributed by atoms with Crippen molar-refractivity contribution in [2.24, 2.45) is 5.92 Å². The van der Waals surface area contributed by atoms with Crippen LogP contribution in [0.2, 0.25) is 5.02 Å². The fraction of sp³-hybridized carbons (Fsp3) is 0.444. The topological polar surface area (TPSA) is 50.3 Å². The monoisotopic (exact) mass is 346 g/mol. The number of hydrogen-bond donors (Lipinski definition) is 1. The smallest absolute Gasteiger partial charge is 0.227 e. The van der Waals surface area contributed by atoms with Gasteiger partial charge in [0.15, 0.2) is 0 Å². The van der Waals surface area contributed by atoms with Crippen LogP contribution in [-0.4, -0.2) is 30.2 Å². The average molecular weight is 347 g/mol. The van der Waals surface area contributed by atoms with Crippen LogP contribution in [0.1, 0.15) is 25.3 Å². The number of nitrogens with zero attached hydrogens (tertiary/aromatic N) is 3. The number of piperidine rings is 1. The second-order valence-electron chi connectivity index (χ2n) is 6.36. The molecule has 1 atom stereocenters. The lowest BCUT2D eigenvalue weighted by Gasteiger charge is -2.31. The molecule has 0 bridgehead atoms. The molecule has 24 heavy (non-hydrogen) atoms. The zero-order valence-electron chi connectivity index (χ0n) is 14.3. The number of aryl methyl sites for hydroxylation is 1. The van der Waals surface area contributed by atoms with Gasteiger partial charge in [0.25, 0.3) is 0 Å². The molecule has 5 nitrogen and oxygen atoms in total. The van der Waals surface area contributed by atoms with Gasteiger partial charge in [0.2, 0.25) is 5.95 Å². The minimum Gasteiger partial charge on any atom is -0.495 e. The molecule has 1 fully saturated rings. The van der Waals surface area contributed by atoms with Gasteiger partial charge in [-0.1, -0.05) is 18.5 Å². The molecule has 0 aliphatic carbocycles. The van der Waals surface area contributed by atoms with Gasteiger partial charge in [-0.15, -0.1) is 0 Å². The molecule has 1 unspecified atom stereocenters. The van der Waals surface area contributed by atoms with E-state index in [1.165, 1.54) is 12.8 Å². The zero-order chi connectivity index (χ0) is 17.1. The van der Waals surface area contributed by atoms with Crippen LogP contribution in [0, 0.1) is 12.8 Å². The number of rotatable bonds is 4. The maximum absolute atomic E-state index is 6.17. The van der Waals surface area contributed by atoms with Gasteiger partial charge in [0, 0.05) is 30.4 Å². The largest absolute Gasteiger partial charge is 0.495 e. The molecule has 1 aromatic carbocycles. The maximum atomic E-state index is 6.17. The minimum absolute atomic E-state index is 0.679. The number of aromatic nitrogens is 2. The fourth-order valence-electron chi connectivity index (χ4n) is 3.01. The number of halogens is 1. The van der Waals surface area contributed by atoms with Crippen LogP contribution >= 0.6 is 11.6 Å². The Bertz CT molecular complexity index is 722. The highest BCUT2D eigenvalue weighted by Gasteiger charge is 2.19. The Morgan fingerprint density at radius 1 is 1.38 bits per heavy atom. The fourth-order valence-corrected chi connectivity index (χ4v) is 3.16. The van der Waals surface area contributed by atoms with E-state index in [0.29, 0.717) is 16.7 Å². The highest BCUT2D eigenvalue weighted by atomic mass is 35.5. The van der Waals surface area contributed by atoms with Crippen LogP contribution in [0.5, 0.6) is 5.75 Å². The molecule has 0 saturated carbocycles. The molecule has 1 aromatic heterocycles. The highest BCUT2D eigenvalue weighted by molar-refractivity contribution is 6.31. The predicted molar refractivity (Wildman–Crippen MR) is 98.7 cm³/mol. The molecule has 3 rings (SSSR count). The van der Waals surface area contributed by atoms with Crippen LogP contribution < -0.4 is 15.0 Å². The molecule has 0 spiro atoms. The molecular weight excluding hydrogens is 324 g/mol. The van der Waals surface area contributed by atoms with Crippen LogP contribution in [0.3, 0.4) is 0 Å². The Hall–Kier alpha value is -2.01. The first-order valence-corrected chi connectivity index (χ1v) is 8.63. The summed E-state index contributed by atoms with van der Waals surface area (Å²) in [6.07, 6.45) is 4.25. The van der Waals surface area contributed by atoms with Crippen molar-refractivity contribution in [2.45, 2.75) is 26.7 Å². The van der Waals surface area contributed by atoms with Crippen molar-refractivity contribution in [2.75, 3.05) is 30.4 Å². The van der Waals surface area contributed by atoms with Gasteiger partial charge >= 0.3 is 0 Å². The van der Waals surface area contributed by atoms with E-state index in [-0.39, 0.29) is 0 Å². The molecule has 1 aliphatic heterocycles. The van der Waals surface area contributed by atoms with Crippen molar-refractivity contribution in [3.8, 4) is 5.75 Å². The van der Waals surface area contributed by atoms with Crippen LogP contribution in [0.25, 0.3) is 0 Å². The first-order chi connectivity index (χ1) is 11.6. The van der Waals surface area contributed by atoms with Gasteiger partial charge in [-0.25, -0.2) is 4.98 Å². The Labute approximate surface area is 148 Å². The second-order valence-corrected chi connectivity index (χ2v) is 6.77. The van der Waals surface area contributed by atoms with Crippen molar-refractivity contribution in [1.82, 2.24) is 9.97 Å². The molecule has 6 heteroatoms. The summed E-state index contributed by atoms with van der Waals surface area (Å²) in [6, 6.07) is 5.64. The highest BCUT2D eigenvalue weighted by Crippen LogP contribution is 2.33. The third-order valence-corrected chi connectivity index (χ3v) is 4.73. The lowest BCUT2D eigenvalue weighted by Crippen LogP contribution is -2.35. The van der Waals surface area contributed by atoms with Crippen LogP contribution in [0.4, 0.5) is 17.5 Å². The molecule has 0 amide bonds. The van der Waals surface area contributed by atoms with Gasteiger partial charge < -0.3 is 15.0 Å². The van der Waals surface area contributed by atoms with Gasteiger partial charge in [0.05, 0.1) is 12.8 Å². The minimum atomic E-state index is 0.679. The third-order valence-electron chi connectivity index (χ3n) is 4.33. The summed E-state index contributed by atoms with van der Waals surface area (Å²) in [6.45, 7) is 6.26. The lowest BCUT2D eigenvalue weighted by molar-refractivity contribution is 0.416. The number of methoxy groups -OCH3 is 1. The molecule has 2 aromatic rings. The van der Waals surface area contributed by atoms with E-state index in [1.54, 1.807) is 13.3 Å². The van der Waals surface area contributed by atoms with Crippen molar-refractivity contribution in [3.05, 3.63) is 35.0 Å². The summed E-state index contributed by atoms with van der Waals surface area (Å²) < 4.78 is 5.41. The van der Waals surface area contributed by atoms with Gasteiger partial charge in [0.1, 0.15) is 11.6 Å². The molecule has 2 heterocycles. The van der Waals surface area contributed by atoms with E-state index >= 15 is 0 Å². The number of nitrogens with one attached hydrogen (secondary N) is 1. The normalized spacial score (nSPS) is 17.7. The van der Waals surface area contributed by atoms with Gasteiger partial charge in [-0.2, -0.15) is 4.98 Å². The Morgan fingerprint density at radius 3 is 2.96 bits per heavy atom. The third kappa shape index (κ3) is 3.73. The Balaban J connectivity index is 1.83. The SMILES string of the molecule is COc1cc(Cl)c(C)cc1Nc1ccnc(N2CCCC(C)C2)n1. The number of ether oxygens (including phenoxy) is 1. The summed E-state index contributed by atoms with van der Waals surface area (Å²) in [5, 5.41) is 4.00. The molecule has 0 radical (unpaired) electrons. The van der Waals surface area contributed by atoms with Crippen LogP contribution in [0.15, 0.2) is 24.4 Å². The summed E-state index contributed by atoms with van der Waals surface area (Å²) in [7, 11) is 1.63. The first-order valence-electron chi connectivity index (χ1n) is 8.26. The van der Waals surface area contributed by atoms with Crippen molar-refractivity contribution in [3.63, 3.8) is 0 Å². The summed E-state index contributed by atoms with van der Waals surface area (Å²) in [4.78, 5) is 11.4. The molecule has 1 saturated heterocycles. The predicted octanol–water partition coefficient (Wildman–Crippen LogP) is 4.43. The van der Waals surface area contributed by atoms with E-state index in [1.807, 2.05) is 25.1 Å². The maximum Gasteiger partial charge on any atom is 0.227 e.